The van der Waals surface area contributed by atoms with Crippen LogP contribution in [0.3, 0.4) is 0 Å². The summed E-state index contributed by atoms with van der Waals surface area (Å²) < 4.78 is 57.3. The van der Waals surface area contributed by atoms with Gasteiger partial charge in [-0.2, -0.15) is 13.5 Å². The quantitative estimate of drug-likeness (QED) is 0.134. The third-order valence-corrected chi connectivity index (χ3v) is 10.7. The van der Waals surface area contributed by atoms with E-state index in [1.165, 1.54) is 9.80 Å². The zero-order valence-electron chi connectivity index (χ0n) is 35.9. The molecule has 352 valence electrons. The van der Waals surface area contributed by atoms with Gasteiger partial charge in [-0.15, -0.1) is 4.28 Å². The summed E-state index contributed by atoms with van der Waals surface area (Å²) in [5, 5.41) is 11.0. The van der Waals surface area contributed by atoms with Crippen LogP contribution in [-0.4, -0.2) is 197 Å². The predicted octanol–water partition coefficient (Wildman–Crippen LogP) is 0.781. The molecule has 8 amide bonds. The number of piperidine rings is 2. The standard InChI is InChI=1S/C18H30N4O10S.C18H30N4O7/c1-18(2,3)31-17(25)20-7-4-8-29-13(10-20)11-30-19-15(23)14-6-5-12-9-21(14)16(24)22(12)32-33(26,27)28;1-18(2,3)29-17(25)20-7-4-8-27-13(10-20)11-28-19-15(23)14-6-5-12-9-21(14)16(24)22(12)26/h12-14H,4-11H2,1-3H3,(H,19,23)(H,26,27,28);12-14,26H,4-11H2,1-3H3,(H,19,23)/t2*12-,13?,14+/m11/s1. The number of carbonyl (C=O) groups is 6. The first-order valence-electron chi connectivity index (χ1n) is 20.6. The number of ether oxygens (including phenoxy) is 4. The van der Waals surface area contributed by atoms with Gasteiger partial charge in [0.25, 0.3) is 11.8 Å². The topological polar surface area (TPSA) is 285 Å². The van der Waals surface area contributed by atoms with Gasteiger partial charge in [0.15, 0.2) is 0 Å². The molecule has 6 rings (SSSR count). The molecule has 26 heteroatoms. The van der Waals surface area contributed by atoms with E-state index in [1.54, 1.807) is 25.7 Å². The number of carbonyl (C=O) groups excluding carboxylic acids is 6. The average molecular weight is 909 g/mol. The van der Waals surface area contributed by atoms with Crippen molar-refractivity contribution in [3.8, 4) is 0 Å². The number of hydrogen-bond donors (Lipinski definition) is 4. The lowest BCUT2D eigenvalue weighted by molar-refractivity contribution is -0.143. The van der Waals surface area contributed by atoms with Gasteiger partial charge in [0.05, 0.1) is 25.2 Å². The highest BCUT2D eigenvalue weighted by Gasteiger charge is 2.50. The highest BCUT2D eigenvalue weighted by atomic mass is 32.3. The number of fused-ring (bicyclic) bond motifs is 4. The summed E-state index contributed by atoms with van der Waals surface area (Å²) in [6.45, 7) is 13.6. The minimum Gasteiger partial charge on any atom is -0.444 e. The van der Waals surface area contributed by atoms with E-state index in [0.29, 0.717) is 81.6 Å². The van der Waals surface area contributed by atoms with E-state index >= 15 is 0 Å². The summed E-state index contributed by atoms with van der Waals surface area (Å²) >= 11 is 0. The van der Waals surface area contributed by atoms with Gasteiger partial charge in [-0.3, -0.25) is 29.0 Å². The lowest BCUT2D eigenvalue weighted by atomic mass is 10.0. The second kappa shape index (κ2) is 20.5. The van der Waals surface area contributed by atoms with Crippen LogP contribution in [0.2, 0.25) is 0 Å². The van der Waals surface area contributed by atoms with Gasteiger partial charge in [-0.1, -0.05) is 0 Å². The van der Waals surface area contributed by atoms with Gasteiger partial charge in [0.2, 0.25) is 0 Å². The fourth-order valence-electron chi connectivity index (χ4n) is 7.55. The Balaban J connectivity index is 0.000000236. The molecule has 25 nitrogen and oxygen atoms in total. The van der Waals surface area contributed by atoms with Crippen LogP contribution in [0.15, 0.2) is 0 Å². The van der Waals surface area contributed by atoms with Crippen LogP contribution >= 0.6 is 0 Å². The summed E-state index contributed by atoms with van der Waals surface area (Å²) in [6.07, 6.45) is 1.09. The fraction of sp³-hybridized carbons (Fsp3) is 0.833. The van der Waals surface area contributed by atoms with Crippen LogP contribution < -0.4 is 11.0 Å². The Morgan fingerprint density at radius 3 is 1.58 bits per heavy atom. The fourth-order valence-corrected chi connectivity index (χ4v) is 7.94. The van der Waals surface area contributed by atoms with Crippen molar-refractivity contribution in [1.29, 1.82) is 0 Å². The van der Waals surface area contributed by atoms with E-state index < -0.39 is 88.0 Å². The molecule has 6 atom stereocenters. The normalized spacial score (nSPS) is 26.9. The zero-order chi connectivity index (χ0) is 45.6. The van der Waals surface area contributed by atoms with Crippen molar-refractivity contribution in [2.45, 2.75) is 128 Å². The van der Waals surface area contributed by atoms with Crippen molar-refractivity contribution < 1.29 is 79.9 Å². The number of hydrogen-bond acceptors (Lipinski definition) is 16. The third-order valence-electron chi connectivity index (χ3n) is 10.3. The van der Waals surface area contributed by atoms with Gasteiger partial charge in [-0.25, -0.2) is 35.2 Å². The number of amides is 8. The largest absolute Gasteiger partial charge is 0.444 e. The number of rotatable bonds is 10. The molecular formula is C36H60N8O17S. The molecule has 0 spiro atoms. The Bertz CT molecular complexity index is 1750. The van der Waals surface area contributed by atoms with Crippen LogP contribution in [0, 0.1) is 0 Å². The van der Waals surface area contributed by atoms with Gasteiger partial charge in [0.1, 0.15) is 48.7 Å². The lowest BCUT2D eigenvalue weighted by Gasteiger charge is -2.29. The molecule has 6 aliphatic heterocycles. The number of urea groups is 2. The molecule has 2 unspecified atom stereocenters. The molecular weight excluding hydrogens is 849 g/mol. The summed E-state index contributed by atoms with van der Waals surface area (Å²) in [4.78, 5) is 90.3. The maximum atomic E-state index is 12.6. The molecule has 0 aliphatic carbocycles. The molecule has 6 heterocycles. The first-order valence-corrected chi connectivity index (χ1v) is 21.9. The molecule has 6 fully saturated rings. The molecule has 0 saturated carbocycles. The monoisotopic (exact) mass is 908 g/mol. The van der Waals surface area contributed by atoms with E-state index in [2.05, 4.69) is 15.2 Å². The van der Waals surface area contributed by atoms with Crippen molar-refractivity contribution >= 4 is 46.5 Å². The first kappa shape index (κ1) is 48.7. The van der Waals surface area contributed by atoms with E-state index in [1.807, 2.05) is 20.8 Å². The van der Waals surface area contributed by atoms with Gasteiger partial charge in [0, 0.05) is 39.4 Å². The van der Waals surface area contributed by atoms with Crippen LogP contribution in [0.4, 0.5) is 19.2 Å². The SMILES string of the molecule is CC(C)(C)OC(=O)N1CCCOC(CONC(=O)[C@@H]2CC[C@@H]3CN2C(=O)N3O)C1.CC(C)(C)OC(=O)N1CCCOC(CONC(=O)[C@@H]2CC[C@@H]3CN2C(=O)N3OS(=O)(=O)O)C1. The Labute approximate surface area is 359 Å². The Morgan fingerprint density at radius 1 is 0.694 bits per heavy atom. The number of nitrogens with zero attached hydrogens (tertiary/aromatic N) is 6. The van der Waals surface area contributed by atoms with E-state index in [9.17, 15) is 42.4 Å². The molecule has 6 aliphatic rings. The maximum Gasteiger partial charge on any atom is 0.418 e. The van der Waals surface area contributed by atoms with Crippen molar-refractivity contribution in [2.75, 3.05) is 65.7 Å². The summed E-state index contributed by atoms with van der Waals surface area (Å²) in [7, 11) is -4.87. The summed E-state index contributed by atoms with van der Waals surface area (Å²) in [6, 6.07) is -3.82. The van der Waals surface area contributed by atoms with E-state index in [4.69, 9.17) is 33.2 Å². The van der Waals surface area contributed by atoms with E-state index in [-0.39, 0.29) is 38.8 Å². The molecule has 4 bridgehead atoms. The molecule has 6 saturated heterocycles. The Morgan fingerprint density at radius 2 is 1.13 bits per heavy atom. The Kier molecular flexibility index (Phi) is 16.1. The number of nitrogens with one attached hydrogen (secondary N) is 2. The first-order chi connectivity index (χ1) is 29.0. The molecule has 0 aromatic rings. The zero-order valence-corrected chi connectivity index (χ0v) is 36.7. The van der Waals surface area contributed by atoms with Crippen LogP contribution in [0.5, 0.6) is 0 Å². The smallest absolute Gasteiger partial charge is 0.418 e. The molecule has 0 aromatic carbocycles. The van der Waals surface area contributed by atoms with Gasteiger partial charge < -0.3 is 38.5 Å². The third kappa shape index (κ3) is 13.6. The Hall–Kier alpha value is -4.31. The highest BCUT2D eigenvalue weighted by Crippen LogP contribution is 2.31. The highest BCUT2D eigenvalue weighted by molar-refractivity contribution is 7.80. The van der Waals surface area contributed by atoms with Crippen LogP contribution in [0.1, 0.15) is 80.1 Å². The van der Waals surface area contributed by atoms with Crippen molar-refractivity contribution in [3.05, 3.63) is 0 Å². The van der Waals surface area contributed by atoms with Gasteiger partial charge in [-0.05, 0) is 80.1 Å². The minimum atomic E-state index is -4.87. The second-order valence-electron chi connectivity index (χ2n) is 17.6. The molecule has 4 N–H and O–H groups in total. The maximum absolute atomic E-state index is 12.6. The van der Waals surface area contributed by atoms with Gasteiger partial charge >= 0.3 is 34.6 Å². The van der Waals surface area contributed by atoms with Crippen molar-refractivity contribution in [3.63, 3.8) is 0 Å². The second-order valence-corrected chi connectivity index (χ2v) is 18.6. The van der Waals surface area contributed by atoms with Crippen molar-refractivity contribution in [1.82, 2.24) is 40.7 Å². The van der Waals surface area contributed by atoms with Crippen molar-refractivity contribution in [2.24, 2.45) is 0 Å². The van der Waals surface area contributed by atoms with Crippen LogP contribution in [0.25, 0.3) is 0 Å². The minimum absolute atomic E-state index is 0.0354. The van der Waals surface area contributed by atoms with E-state index in [0.717, 1.165) is 4.90 Å². The predicted molar refractivity (Wildman–Crippen MR) is 208 cm³/mol. The number of hydroxylamine groups is 6. The average Bonchev–Trinajstić information content (AvgIpc) is 3.40. The van der Waals surface area contributed by atoms with Crippen LogP contribution in [-0.2, 0) is 52.9 Å². The summed E-state index contributed by atoms with van der Waals surface area (Å²) in [5.74, 6) is -1.03. The molecule has 0 radical (unpaired) electrons. The lowest BCUT2D eigenvalue weighted by Crippen LogP contribution is -2.50. The molecule has 0 aromatic heterocycles. The molecule has 62 heavy (non-hydrogen) atoms. The summed E-state index contributed by atoms with van der Waals surface area (Å²) in [5.41, 5.74) is 3.46.